The summed E-state index contributed by atoms with van der Waals surface area (Å²) in [7, 11) is 0. The number of carboxylic acids is 1. The smallest absolute Gasteiger partial charge is 0.322 e. The monoisotopic (exact) mass is 494 g/mol. The first-order valence-corrected chi connectivity index (χ1v) is 11.2. The van der Waals surface area contributed by atoms with Crippen LogP contribution in [0.3, 0.4) is 0 Å². The molecule has 35 heavy (non-hydrogen) atoms. The molecule has 1 rings (SSSR count). The molecule has 3 unspecified atom stereocenters. The second-order valence-electron chi connectivity index (χ2n) is 8.00. The molecule has 0 heterocycles. The minimum atomic E-state index is -1.28. The van der Waals surface area contributed by atoms with Gasteiger partial charge in [0.05, 0.1) is 6.04 Å². The lowest BCUT2D eigenvalue weighted by Crippen LogP contribution is -2.56. The Hall–Kier alpha value is -3.71. The Bertz CT molecular complexity index is 878. The number of phenolic OH excluding ortho intramolecular Hbond substituents is 1. The van der Waals surface area contributed by atoms with Gasteiger partial charge in [0.15, 0.2) is 0 Å². The normalized spacial score (nSPS) is 13.2. The summed E-state index contributed by atoms with van der Waals surface area (Å²) in [6.07, 6.45) is 1.06. The predicted molar refractivity (Wildman–Crippen MR) is 126 cm³/mol. The molecule has 0 aliphatic rings. The summed E-state index contributed by atoms with van der Waals surface area (Å²) in [6.45, 7) is -0.300. The summed E-state index contributed by atoms with van der Waals surface area (Å²) in [5.41, 5.74) is 17.3. The Morgan fingerprint density at radius 1 is 0.886 bits per heavy atom. The van der Waals surface area contributed by atoms with Crippen LogP contribution in [0.4, 0.5) is 0 Å². The maximum atomic E-state index is 13.0. The van der Waals surface area contributed by atoms with E-state index in [0.29, 0.717) is 24.9 Å². The highest BCUT2D eigenvalue weighted by Gasteiger charge is 2.28. The number of hydrogen-bond acceptors (Lipinski definition) is 8. The summed E-state index contributed by atoms with van der Waals surface area (Å²) in [6, 6.07) is 2.88. The Balaban J connectivity index is 2.89. The Kier molecular flexibility index (Phi) is 12.8. The molecular formula is C22H34N6O7. The highest BCUT2D eigenvalue weighted by atomic mass is 16.4. The number of hydrogen-bond donors (Lipinski definition) is 8. The van der Waals surface area contributed by atoms with Gasteiger partial charge in [0, 0.05) is 6.42 Å². The first kappa shape index (κ1) is 29.3. The number of aromatic hydroxyl groups is 1. The minimum Gasteiger partial charge on any atom is -0.508 e. The zero-order chi connectivity index (χ0) is 26.4. The Morgan fingerprint density at radius 3 is 2.06 bits per heavy atom. The molecular weight excluding hydrogens is 460 g/mol. The number of carbonyl (C=O) groups is 5. The number of unbranched alkanes of at least 4 members (excludes halogenated alkanes) is 1. The van der Waals surface area contributed by atoms with E-state index in [2.05, 4.69) is 16.0 Å². The minimum absolute atomic E-state index is 0.0710. The van der Waals surface area contributed by atoms with Crippen molar-refractivity contribution in [3.63, 3.8) is 0 Å². The molecule has 0 radical (unpaired) electrons. The number of phenols is 1. The number of benzene rings is 1. The van der Waals surface area contributed by atoms with Gasteiger partial charge < -0.3 is 43.4 Å². The molecule has 13 heteroatoms. The SMILES string of the molecule is NCCCCC(NC(=O)C(N)Cc1ccc(O)cc1)C(=O)NC(CCC(N)=O)C(=O)NCC(=O)O. The van der Waals surface area contributed by atoms with Gasteiger partial charge in [-0.05, 0) is 56.3 Å². The number of nitrogens with one attached hydrogen (secondary N) is 3. The lowest BCUT2D eigenvalue weighted by atomic mass is 10.0. The fourth-order valence-electron chi connectivity index (χ4n) is 3.13. The van der Waals surface area contributed by atoms with Crippen molar-refractivity contribution in [3.05, 3.63) is 29.8 Å². The van der Waals surface area contributed by atoms with Crippen molar-refractivity contribution in [2.75, 3.05) is 13.1 Å². The predicted octanol–water partition coefficient (Wildman–Crippen LogP) is -2.17. The number of rotatable bonds is 16. The number of nitrogens with two attached hydrogens (primary N) is 3. The molecule has 0 saturated heterocycles. The fraction of sp³-hybridized carbons (Fsp3) is 0.500. The molecule has 0 aromatic heterocycles. The van der Waals surface area contributed by atoms with Crippen LogP contribution in [0.2, 0.25) is 0 Å². The lowest BCUT2D eigenvalue weighted by Gasteiger charge is -2.24. The van der Waals surface area contributed by atoms with Gasteiger partial charge in [-0.2, -0.15) is 0 Å². The van der Waals surface area contributed by atoms with Gasteiger partial charge in [0.1, 0.15) is 24.4 Å². The summed E-state index contributed by atoms with van der Waals surface area (Å²) < 4.78 is 0. The van der Waals surface area contributed by atoms with E-state index >= 15 is 0 Å². The first-order valence-electron chi connectivity index (χ1n) is 11.2. The van der Waals surface area contributed by atoms with Crippen LogP contribution in [0, 0.1) is 0 Å². The molecule has 4 amide bonds. The topological polar surface area (TPSA) is 240 Å². The molecule has 3 atom stereocenters. The second kappa shape index (κ2) is 15.2. The summed E-state index contributed by atoms with van der Waals surface area (Å²) >= 11 is 0. The van der Waals surface area contributed by atoms with Crippen LogP contribution in [0.25, 0.3) is 0 Å². The van der Waals surface area contributed by atoms with Gasteiger partial charge >= 0.3 is 5.97 Å². The van der Waals surface area contributed by atoms with Gasteiger partial charge in [-0.1, -0.05) is 12.1 Å². The third-order valence-corrected chi connectivity index (χ3v) is 5.03. The molecule has 1 aromatic carbocycles. The highest BCUT2D eigenvalue weighted by Crippen LogP contribution is 2.11. The zero-order valence-corrected chi connectivity index (χ0v) is 19.4. The van der Waals surface area contributed by atoms with Crippen molar-refractivity contribution in [3.8, 4) is 5.75 Å². The van der Waals surface area contributed by atoms with Gasteiger partial charge in [0.2, 0.25) is 23.6 Å². The highest BCUT2D eigenvalue weighted by molar-refractivity contribution is 5.94. The molecule has 0 aliphatic carbocycles. The third-order valence-electron chi connectivity index (χ3n) is 5.03. The van der Waals surface area contributed by atoms with E-state index in [1.807, 2.05) is 0 Å². The van der Waals surface area contributed by atoms with E-state index in [-0.39, 0.29) is 31.4 Å². The molecule has 1 aromatic rings. The lowest BCUT2D eigenvalue weighted by molar-refractivity contribution is -0.138. The average molecular weight is 495 g/mol. The molecule has 0 saturated carbocycles. The maximum absolute atomic E-state index is 13.0. The van der Waals surface area contributed by atoms with E-state index in [0.717, 1.165) is 0 Å². The van der Waals surface area contributed by atoms with E-state index in [1.165, 1.54) is 12.1 Å². The Morgan fingerprint density at radius 2 is 1.49 bits per heavy atom. The number of carboxylic acid groups (broad SMARTS) is 1. The van der Waals surface area contributed by atoms with Crippen LogP contribution < -0.4 is 33.2 Å². The zero-order valence-electron chi connectivity index (χ0n) is 19.4. The van der Waals surface area contributed by atoms with Crippen LogP contribution >= 0.6 is 0 Å². The van der Waals surface area contributed by atoms with Gasteiger partial charge in [-0.15, -0.1) is 0 Å². The van der Waals surface area contributed by atoms with Crippen molar-refractivity contribution < 1.29 is 34.2 Å². The molecule has 0 spiro atoms. The molecule has 11 N–H and O–H groups in total. The number of primary amides is 1. The average Bonchev–Trinajstić information content (AvgIpc) is 2.80. The number of aliphatic carboxylic acids is 1. The van der Waals surface area contributed by atoms with Gasteiger partial charge in [-0.25, -0.2) is 0 Å². The molecule has 0 fully saturated rings. The Labute approximate surface area is 202 Å². The summed E-state index contributed by atoms with van der Waals surface area (Å²) in [4.78, 5) is 59.9. The standard InChI is InChI=1S/C22H34N6O7/c23-10-2-1-3-16(27-20(33)15(24)11-13-4-6-14(29)7-5-13)22(35)28-17(8-9-18(25)30)21(34)26-12-19(31)32/h4-7,15-17,29H,1-3,8-12,23-24H2,(H2,25,30)(H,26,34)(H,27,33)(H,28,35)(H,31,32). The van der Waals surface area contributed by atoms with Crippen molar-refractivity contribution in [2.24, 2.45) is 17.2 Å². The molecule has 13 nitrogen and oxygen atoms in total. The van der Waals surface area contributed by atoms with Crippen molar-refractivity contribution in [2.45, 2.75) is 56.7 Å². The van der Waals surface area contributed by atoms with Gasteiger partial charge in [-0.3, -0.25) is 24.0 Å². The largest absolute Gasteiger partial charge is 0.508 e. The number of amides is 4. The van der Waals surface area contributed by atoms with Crippen LogP contribution in [0.15, 0.2) is 24.3 Å². The van der Waals surface area contributed by atoms with Crippen molar-refractivity contribution in [1.29, 1.82) is 0 Å². The van der Waals surface area contributed by atoms with E-state index in [9.17, 15) is 29.1 Å². The number of carbonyl (C=O) groups excluding carboxylic acids is 4. The van der Waals surface area contributed by atoms with Crippen LogP contribution in [0.5, 0.6) is 5.75 Å². The fourth-order valence-corrected chi connectivity index (χ4v) is 3.13. The summed E-state index contributed by atoms with van der Waals surface area (Å²) in [5, 5.41) is 25.3. The van der Waals surface area contributed by atoms with E-state index in [1.54, 1.807) is 12.1 Å². The first-order chi connectivity index (χ1) is 16.5. The summed E-state index contributed by atoms with van der Waals surface area (Å²) in [5.74, 6) is -4.03. The second-order valence-corrected chi connectivity index (χ2v) is 8.00. The molecule has 0 bridgehead atoms. The van der Waals surface area contributed by atoms with Crippen LogP contribution in [-0.2, 0) is 30.4 Å². The van der Waals surface area contributed by atoms with Crippen molar-refractivity contribution in [1.82, 2.24) is 16.0 Å². The quantitative estimate of drug-likeness (QED) is 0.116. The van der Waals surface area contributed by atoms with E-state index in [4.69, 9.17) is 22.3 Å². The third kappa shape index (κ3) is 11.8. The van der Waals surface area contributed by atoms with E-state index < -0.39 is 54.3 Å². The van der Waals surface area contributed by atoms with Crippen molar-refractivity contribution >= 4 is 29.6 Å². The van der Waals surface area contributed by atoms with Crippen LogP contribution in [-0.4, -0.2) is 71.0 Å². The van der Waals surface area contributed by atoms with Crippen LogP contribution in [0.1, 0.15) is 37.7 Å². The maximum Gasteiger partial charge on any atom is 0.322 e. The molecule has 194 valence electrons. The molecule has 0 aliphatic heterocycles. The van der Waals surface area contributed by atoms with Gasteiger partial charge in [0.25, 0.3) is 0 Å².